The Morgan fingerprint density at radius 1 is 1.38 bits per heavy atom. The Morgan fingerprint density at radius 2 is 2.08 bits per heavy atom. The van der Waals surface area contributed by atoms with Crippen molar-refractivity contribution >= 4 is 11.9 Å². The molecule has 24 heavy (non-hydrogen) atoms. The minimum atomic E-state index is -1.03. The highest BCUT2D eigenvalue weighted by atomic mass is 16.5. The molecule has 4 atom stereocenters. The van der Waals surface area contributed by atoms with Crippen molar-refractivity contribution in [3.63, 3.8) is 0 Å². The number of ether oxygens (including phenoxy) is 1. The van der Waals surface area contributed by atoms with Gasteiger partial charge in [0.2, 0.25) is 5.91 Å². The molecule has 0 aromatic heterocycles. The van der Waals surface area contributed by atoms with E-state index in [9.17, 15) is 14.7 Å². The summed E-state index contributed by atoms with van der Waals surface area (Å²) in [7, 11) is 1.59. The zero-order chi connectivity index (χ0) is 17.5. The van der Waals surface area contributed by atoms with Crippen LogP contribution in [0, 0.1) is 5.92 Å². The lowest BCUT2D eigenvalue weighted by atomic mass is 9.95. The van der Waals surface area contributed by atoms with E-state index in [0.29, 0.717) is 0 Å². The zero-order valence-electron chi connectivity index (χ0n) is 14.2. The molecule has 2 rings (SSSR count). The zero-order valence-corrected chi connectivity index (χ0v) is 14.2. The van der Waals surface area contributed by atoms with Crippen LogP contribution in [-0.4, -0.2) is 48.8 Å². The summed E-state index contributed by atoms with van der Waals surface area (Å²) in [5.41, 5.74) is 0.874. The average molecular weight is 334 g/mol. The standard InChI is InChI=1S/C18H26N2O4/c1-12(16(24-2)14-9-6-10-19-14)17(21)20-15(18(22)23)11-13-7-4-3-5-8-13/h3-5,7-8,12,14-16,19H,6,9-11H2,1-2H3,(H,20,21)(H,22,23)/t12-,14?,15+,16-/m1/s1. The molecule has 0 radical (unpaired) electrons. The quantitative estimate of drug-likeness (QED) is 0.665. The van der Waals surface area contributed by atoms with Gasteiger partial charge in [0.15, 0.2) is 0 Å². The van der Waals surface area contributed by atoms with Crippen molar-refractivity contribution in [3.8, 4) is 0 Å². The van der Waals surface area contributed by atoms with Gasteiger partial charge in [-0.3, -0.25) is 4.79 Å². The number of carboxylic acid groups (broad SMARTS) is 1. The smallest absolute Gasteiger partial charge is 0.326 e. The lowest BCUT2D eigenvalue weighted by molar-refractivity contribution is -0.143. The van der Waals surface area contributed by atoms with E-state index >= 15 is 0 Å². The van der Waals surface area contributed by atoms with Crippen molar-refractivity contribution in [1.82, 2.24) is 10.6 Å². The predicted molar refractivity (Wildman–Crippen MR) is 90.7 cm³/mol. The van der Waals surface area contributed by atoms with Gasteiger partial charge in [0.1, 0.15) is 6.04 Å². The molecule has 0 spiro atoms. The molecule has 1 aliphatic rings. The Labute approximate surface area is 142 Å². The molecule has 1 amide bonds. The van der Waals surface area contributed by atoms with Gasteiger partial charge in [0.25, 0.3) is 0 Å². The molecule has 0 saturated carbocycles. The van der Waals surface area contributed by atoms with Gasteiger partial charge >= 0.3 is 5.97 Å². The van der Waals surface area contributed by atoms with Crippen LogP contribution in [0.2, 0.25) is 0 Å². The summed E-state index contributed by atoms with van der Waals surface area (Å²) in [6.07, 6.45) is 2.01. The Hall–Kier alpha value is -1.92. The second kappa shape index (κ2) is 8.80. The second-order valence-corrected chi connectivity index (χ2v) is 6.28. The summed E-state index contributed by atoms with van der Waals surface area (Å²) in [6, 6.07) is 8.47. The topological polar surface area (TPSA) is 87.7 Å². The van der Waals surface area contributed by atoms with Crippen molar-refractivity contribution in [2.75, 3.05) is 13.7 Å². The SMILES string of the molecule is CO[C@@H](C1CCCN1)[C@@H](C)C(=O)N[C@@H](Cc1ccccc1)C(=O)O. The van der Waals surface area contributed by atoms with Gasteiger partial charge in [0.05, 0.1) is 12.0 Å². The number of amides is 1. The molecule has 132 valence electrons. The van der Waals surface area contributed by atoms with Crippen LogP contribution in [0.5, 0.6) is 0 Å². The van der Waals surface area contributed by atoms with Gasteiger partial charge in [-0.05, 0) is 24.9 Å². The maximum absolute atomic E-state index is 12.5. The van der Waals surface area contributed by atoms with E-state index in [-0.39, 0.29) is 24.5 Å². The Kier molecular flexibility index (Phi) is 6.75. The first-order valence-corrected chi connectivity index (χ1v) is 8.36. The number of hydrogen-bond donors (Lipinski definition) is 3. The predicted octanol–water partition coefficient (Wildman–Crippen LogP) is 1.20. The number of aliphatic carboxylic acids is 1. The maximum atomic E-state index is 12.5. The molecule has 3 N–H and O–H groups in total. The molecule has 1 fully saturated rings. The van der Waals surface area contributed by atoms with Crippen molar-refractivity contribution in [2.24, 2.45) is 5.92 Å². The van der Waals surface area contributed by atoms with Gasteiger partial charge < -0.3 is 20.5 Å². The summed E-state index contributed by atoms with van der Waals surface area (Å²) in [5, 5.41) is 15.4. The van der Waals surface area contributed by atoms with E-state index in [1.165, 1.54) is 0 Å². The molecule has 1 aromatic carbocycles. The highest BCUT2D eigenvalue weighted by Gasteiger charge is 2.34. The number of carbonyl (C=O) groups is 2. The van der Waals surface area contributed by atoms with Crippen LogP contribution in [0.15, 0.2) is 30.3 Å². The van der Waals surface area contributed by atoms with Crippen LogP contribution in [0.3, 0.4) is 0 Å². The monoisotopic (exact) mass is 334 g/mol. The number of rotatable bonds is 8. The normalized spacial score (nSPS) is 21.0. The van der Waals surface area contributed by atoms with Crippen LogP contribution >= 0.6 is 0 Å². The summed E-state index contributed by atoms with van der Waals surface area (Å²) < 4.78 is 5.51. The fourth-order valence-corrected chi connectivity index (χ4v) is 3.21. The molecular formula is C18H26N2O4. The lowest BCUT2D eigenvalue weighted by Gasteiger charge is -2.28. The largest absolute Gasteiger partial charge is 0.480 e. The first-order valence-electron chi connectivity index (χ1n) is 8.36. The van der Waals surface area contributed by atoms with Gasteiger partial charge in [-0.25, -0.2) is 4.79 Å². The van der Waals surface area contributed by atoms with Crippen LogP contribution in [0.4, 0.5) is 0 Å². The van der Waals surface area contributed by atoms with Gasteiger partial charge in [-0.1, -0.05) is 37.3 Å². The maximum Gasteiger partial charge on any atom is 0.326 e. The molecule has 6 nitrogen and oxygen atoms in total. The molecule has 1 aromatic rings. The Morgan fingerprint density at radius 3 is 2.62 bits per heavy atom. The van der Waals surface area contributed by atoms with E-state index < -0.39 is 17.9 Å². The second-order valence-electron chi connectivity index (χ2n) is 6.28. The summed E-state index contributed by atoms with van der Waals surface area (Å²) >= 11 is 0. The first-order chi connectivity index (χ1) is 11.5. The molecule has 1 aliphatic heterocycles. The van der Waals surface area contributed by atoms with E-state index in [4.69, 9.17) is 4.74 Å². The van der Waals surface area contributed by atoms with E-state index in [2.05, 4.69) is 10.6 Å². The molecule has 1 unspecified atom stereocenters. The van der Waals surface area contributed by atoms with Crippen molar-refractivity contribution in [1.29, 1.82) is 0 Å². The summed E-state index contributed by atoms with van der Waals surface area (Å²) in [4.78, 5) is 24.0. The van der Waals surface area contributed by atoms with Gasteiger partial charge in [0, 0.05) is 19.6 Å². The van der Waals surface area contributed by atoms with Crippen LogP contribution in [0.25, 0.3) is 0 Å². The van der Waals surface area contributed by atoms with Gasteiger partial charge in [-0.2, -0.15) is 0 Å². The van der Waals surface area contributed by atoms with Crippen molar-refractivity contribution < 1.29 is 19.4 Å². The van der Waals surface area contributed by atoms with Crippen molar-refractivity contribution in [2.45, 2.75) is 44.4 Å². The third-order valence-corrected chi connectivity index (χ3v) is 4.57. The average Bonchev–Trinajstić information content (AvgIpc) is 3.09. The molecule has 0 aliphatic carbocycles. The number of hydrogen-bond acceptors (Lipinski definition) is 4. The van der Waals surface area contributed by atoms with Crippen molar-refractivity contribution in [3.05, 3.63) is 35.9 Å². The highest BCUT2D eigenvalue weighted by molar-refractivity contribution is 5.85. The number of benzene rings is 1. The molecule has 0 bridgehead atoms. The minimum absolute atomic E-state index is 0.133. The van der Waals surface area contributed by atoms with Crippen LogP contribution in [0.1, 0.15) is 25.3 Å². The molecular weight excluding hydrogens is 308 g/mol. The fraction of sp³-hybridized carbons (Fsp3) is 0.556. The number of methoxy groups -OCH3 is 1. The Balaban J connectivity index is 1.99. The number of carbonyl (C=O) groups excluding carboxylic acids is 1. The lowest BCUT2D eigenvalue weighted by Crippen LogP contribution is -2.50. The molecule has 6 heteroatoms. The number of nitrogens with one attached hydrogen (secondary N) is 2. The third kappa shape index (κ3) is 4.79. The minimum Gasteiger partial charge on any atom is -0.480 e. The third-order valence-electron chi connectivity index (χ3n) is 4.57. The first kappa shape index (κ1) is 18.4. The molecule has 1 heterocycles. The van der Waals surface area contributed by atoms with E-state index in [1.54, 1.807) is 14.0 Å². The van der Waals surface area contributed by atoms with Gasteiger partial charge in [-0.15, -0.1) is 0 Å². The van der Waals surface area contributed by atoms with Crippen LogP contribution < -0.4 is 10.6 Å². The highest BCUT2D eigenvalue weighted by Crippen LogP contribution is 2.19. The number of carboxylic acids is 1. The van der Waals surface area contributed by atoms with E-state index in [0.717, 1.165) is 24.9 Å². The summed E-state index contributed by atoms with van der Waals surface area (Å²) in [5.74, 6) is -1.76. The van der Waals surface area contributed by atoms with E-state index in [1.807, 2.05) is 30.3 Å². The fourth-order valence-electron chi connectivity index (χ4n) is 3.21. The Bertz CT molecular complexity index is 543. The summed E-state index contributed by atoms with van der Waals surface area (Å²) in [6.45, 7) is 2.70. The van der Waals surface area contributed by atoms with Crippen LogP contribution in [-0.2, 0) is 20.7 Å². The molecule has 1 saturated heterocycles.